The number of anilines is 1. The minimum Gasteiger partial charge on any atom is -0.493 e. The third-order valence-corrected chi connectivity index (χ3v) is 4.44. The molecule has 0 saturated heterocycles. The van der Waals surface area contributed by atoms with Crippen LogP contribution in [0.15, 0.2) is 36.4 Å². The zero-order chi connectivity index (χ0) is 20.1. The number of carbonyl (C=O) groups is 1. The first-order valence-electron chi connectivity index (χ1n) is 8.88. The lowest BCUT2D eigenvalue weighted by Gasteiger charge is -2.11. The third kappa shape index (κ3) is 4.28. The summed E-state index contributed by atoms with van der Waals surface area (Å²) in [5, 5.41) is 14.5. The number of carbonyl (C=O) groups excluding carboxylic acids is 1. The van der Waals surface area contributed by atoms with Gasteiger partial charge in [0.1, 0.15) is 0 Å². The zero-order valence-corrected chi connectivity index (χ0v) is 16.4. The minimum absolute atomic E-state index is 0.0713. The molecule has 0 bridgehead atoms. The molecule has 8 heteroatoms. The van der Waals surface area contributed by atoms with Crippen molar-refractivity contribution < 1.29 is 14.3 Å². The monoisotopic (exact) mass is 381 g/mol. The summed E-state index contributed by atoms with van der Waals surface area (Å²) in [6.07, 6.45) is 0.944. The molecule has 3 rings (SSSR count). The van der Waals surface area contributed by atoms with Crippen molar-refractivity contribution in [2.24, 2.45) is 0 Å². The van der Waals surface area contributed by atoms with Crippen molar-refractivity contribution in [3.63, 3.8) is 0 Å². The molecular weight excluding hydrogens is 358 g/mol. The molecule has 0 aliphatic carbocycles. The van der Waals surface area contributed by atoms with E-state index in [0.717, 1.165) is 16.8 Å². The molecule has 0 unspecified atom stereocenters. The van der Waals surface area contributed by atoms with Crippen molar-refractivity contribution in [2.75, 3.05) is 19.5 Å². The maximum atomic E-state index is 12.4. The standard InChI is InChI=1S/C20H23N5O3/c1-13-5-8-16(12-17(13)25-14(2)22-23-24-25)21-20(26)10-7-15-6-9-18(27-3)19(11-15)28-4/h5-6,8-9,11-12H,7,10H2,1-4H3,(H,21,26). The quantitative estimate of drug-likeness (QED) is 0.677. The Bertz CT molecular complexity index is 984. The Balaban J connectivity index is 1.66. The Morgan fingerprint density at radius 3 is 2.54 bits per heavy atom. The van der Waals surface area contributed by atoms with Crippen LogP contribution in [0.25, 0.3) is 5.69 Å². The summed E-state index contributed by atoms with van der Waals surface area (Å²) in [4.78, 5) is 12.4. The van der Waals surface area contributed by atoms with Gasteiger partial charge in [-0.3, -0.25) is 4.79 Å². The van der Waals surface area contributed by atoms with Gasteiger partial charge in [0, 0.05) is 12.1 Å². The predicted octanol–water partition coefficient (Wildman–Crippen LogP) is 2.87. The molecule has 1 amide bonds. The van der Waals surface area contributed by atoms with Crippen LogP contribution in [0.1, 0.15) is 23.4 Å². The number of ether oxygens (including phenoxy) is 2. The summed E-state index contributed by atoms with van der Waals surface area (Å²) in [7, 11) is 3.19. The van der Waals surface area contributed by atoms with Crippen LogP contribution in [0, 0.1) is 13.8 Å². The molecule has 146 valence electrons. The fraction of sp³-hybridized carbons (Fsp3) is 0.300. The van der Waals surface area contributed by atoms with Crippen LogP contribution in [0.4, 0.5) is 5.69 Å². The van der Waals surface area contributed by atoms with Gasteiger partial charge in [0.25, 0.3) is 0 Å². The fourth-order valence-electron chi connectivity index (χ4n) is 2.89. The summed E-state index contributed by atoms with van der Waals surface area (Å²) < 4.78 is 12.2. The second kappa shape index (κ2) is 8.51. The van der Waals surface area contributed by atoms with Crippen LogP contribution < -0.4 is 14.8 Å². The van der Waals surface area contributed by atoms with Crippen LogP contribution >= 0.6 is 0 Å². The van der Waals surface area contributed by atoms with E-state index < -0.39 is 0 Å². The molecule has 3 aromatic rings. The van der Waals surface area contributed by atoms with E-state index in [4.69, 9.17) is 9.47 Å². The molecule has 1 aromatic heterocycles. The van der Waals surface area contributed by atoms with Crippen molar-refractivity contribution in [2.45, 2.75) is 26.7 Å². The molecule has 1 heterocycles. The highest BCUT2D eigenvalue weighted by Gasteiger charge is 2.11. The van der Waals surface area contributed by atoms with Gasteiger partial charge in [-0.2, -0.15) is 4.68 Å². The topological polar surface area (TPSA) is 91.2 Å². The van der Waals surface area contributed by atoms with Gasteiger partial charge in [-0.25, -0.2) is 0 Å². The Hall–Kier alpha value is -3.42. The molecule has 2 aromatic carbocycles. The van der Waals surface area contributed by atoms with E-state index in [1.807, 2.05) is 50.2 Å². The van der Waals surface area contributed by atoms with Crippen molar-refractivity contribution in [1.82, 2.24) is 20.2 Å². The van der Waals surface area contributed by atoms with E-state index >= 15 is 0 Å². The fourth-order valence-corrected chi connectivity index (χ4v) is 2.89. The molecule has 1 N–H and O–H groups in total. The summed E-state index contributed by atoms with van der Waals surface area (Å²) in [5.41, 5.74) is 3.55. The highest BCUT2D eigenvalue weighted by atomic mass is 16.5. The van der Waals surface area contributed by atoms with Gasteiger partial charge >= 0.3 is 0 Å². The van der Waals surface area contributed by atoms with Crippen molar-refractivity contribution in [3.8, 4) is 17.2 Å². The van der Waals surface area contributed by atoms with Crippen molar-refractivity contribution >= 4 is 11.6 Å². The van der Waals surface area contributed by atoms with Gasteiger partial charge in [-0.1, -0.05) is 12.1 Å². The van der Waals surface area contributed by atoms with E-state index in [9.17, 15) is 4.79 Å². The number of nitrogens with one attached hydrogen (secondary N) is 1. The van der Waals surface area contributed by atoms with Crippen LogP contribution in [-0.2, 0) is 11.2 Å². The lowest BCUT2D eigenvalue weighted by Crippen LogP contribution is -2.13. The first-order valence-corrected chi connectivity index (χ1v) is 8.88. The van der Waals surface area contributed by atoms with Gasteiger partial charge in [-0.05, 0) is 66.1 Å². The smallest absolute Gasteiger partial charge is 0.224 e. The van der Waals surface area contributed by atoms with E-state index in [2.05, 4.69) is 20.8 Å². The van der Waals surface area contributed by atoms with Gasteiger partial charge in [-0.15, -0.1) is 5.10 Å². The normalized spacial score (nSPS) is 10.6. The number of nitrogens with zero attached hydrogens (tertiary/aromatic N) is 4. The molecule has 0 spiro atoms. The van der Waals surface area contributed by atoms with Gasteiger partial charge < -0.3 is 14.8 Å². The molecule has 0 aliphatic rings. The van der Waals surface area contributed by atoms with Crippen molar-refractivity contribution in [1.29, 1.82) is 0 Å². The first-order chi connectivity index (χ1) is 13.5. The zero-order valence-electron chi connectivity index (χ0n) is 16.4. The maximum Gasteiger partial charge on any atom is 0.224 e. The average molecular weight is 381 g/mol. The molecule has 0 fully saturated rings. The Kier molecular flexibility index (Phi) is 5.88. The summed E-state index contributed by atoms with van der Waals surface area (Å²) in [5.74, 6) is 1.93. The SMILES string of the molecule is COc1ccc(CCC(=O)Nc2ccc(C)c(-n3nnnc3C)c2)cc1OC. The number of amides is 1. The van der Waals surface area contributed by atoms with Gasteiger partial charge in [0.15, 0.2) is 17.3 Å². The highest BCUT2D eigenvalue weighted by molar-refractivity contribution is 5.91. The molecule has 0 radical (unpaired) electrons. The van der Waals surface area contributed by atoms with Gasteiger partial charge in [0.2, 0.25) is 5.91 Å². The molecule has 8 nitrogen and oxygen atoms in total. The first kappa shape index (κ1) is 19.3. The number of rotatable bonds is 7. The molecule has 0 atom stereocenters. The van der Waals surface area contributed by atoms with Crippen LogP contribution in [0.2, 0.25) is 0 Å². The lowest BCUT2D eigenvalue weighted by atomic mass is 10.1. The Labute approximate surface area is 163 Å². The van der Waals surface area contributed by atoms with Crippen molar-refractivity contribution in [3.05, 3.63) is 53.3 Å². The van der Waals surface area contributed by atoms with E-state index in [1.165, 1.54) is 0 Å². The number of aryl methyl sites for hydroxylation is 3. The van der Waals surface area contributed by atoms with Crippen LogP contribution in [-0.4, -0.2) is 40.3 Å². The van der Waals surface area contributed by atoms with E-state index in [0.29, 0.717) is 35.9 Å². The number of hydrogen-bond donors (Lipinski definition) is 1. The summed E-state index contributed by atoms with van der Waals surface area (Å²) >= 11 is 0. The minimum atomic E-state index is -0.0713. The molecular formula is C20H23N5O3. The molecule has 28 heavy (non-hydrogen) atoms. The summed E-state index contributed by atoms with van der Waals surface area (Å²) in [6.45, 7) is 3.80. The Morgan fingerprint density at radius 1 is 1.07 bits per heavy atom. The maximum absolute atomic E-state index is 12.4. The predicted molar refractivity (Wildman–Crippen MR) is 105 cm³/mol. The van der Waals surface area contributed by atoms with Gasteiger partial charge in [0.05, 0.1) is 19.9 Å². The largest absolute Gasteiger partial charge is 0.493 e. The highest BCUT2D eigenvalue weighted by Crippen LogP contribution is 2.28. The summed E-state index contributed by atoms with van der Waals surface area (Å²) in [6, 6.07) is 11.3. The molecule has 0 aliphatic heterocycles. The second-order valence-corrected chi connectivity index (χ2v) is 6.38. The average Bonchev–Trinajstić information content (AvgIpc) is 3.13. The second-order valence-electron chi connectivity index (χ2n) is 6.38. The third-order valence-electron chi connectivity index (χ3n) is 4.44. The number of tetrazole rings is 1. The number of methoxy groups -OCH3 is 2. The Morgan fingerprint density at radius 2 is 1.86 bits per heavy atom. The number of aromatic nitrogens is 4. The van der Waals surface area contributed by atoms with E-state index in [-0.39, 0.29) is 5.91 Å². The van der Waals surface area contributed by atoms with E-state index in [1.54, 1.807) is 18.9 Å². The van der Waals surface area contributed by atoms with Crippen LogP contribution in [0.5, 0.6) is 11.5 Å². The number of benzene rings is 2. The lowest BCUT2D eigenvalue weighted by molar-refractivity contribution is -0.116. The van der Waals surface area contributed by atoms with Crippen LogP contribution in [0.3, 0.4) is 0 Å². The number of hydrogen-bond acceptors (Lipinski definition) is 6. The molecule has 0 saturated carbocycles.